The summed E-state index contributed by atoms with van der Waals surface area (Å²) in [6.07, 6.45) is 2.31. The molecule has 0 radical (unpaired) electrons. The molecule has 1 N–H and O–H groups in total. The maximum absolute atomic E-state index is 13.4. The molecule has 2 heterocycles. The van der Waals surface area contributed by atoms with Crippen LogP contribution in [0.5, 0.6) is 11.5 Å². The van der Waals surface area contributed by atoms with Crippen molar-refractivity contribution in [3.05, 3.63) is 76.6 Å². The van der Waals surface area contributed by atoms with Crippen molar-refractivity contribution in [3.8, 4) is 11.5 Å². The molecule has 3 aromatic rings. The number of likely N-dealkylation sites (tertiary alicyclic amines) is 1. The minimum absolute atomic E-state index is 0.107. The number of halogens is 1. The molecular formula is C25H27ClN4O4. The Morgan fingerprint density at radius 3 is 2.53 bits per heavy atom. The number of piperidine rings is 1. The Labute approximate surface area is 203 Å². The first kappa shape index (κ1) is 23.6. The van der Waals surface area contributed by atoms with Crippen LogP contribution in [0.1, 0.15) is 38.7 Å². The van der Waals surface area contributed by atoms with Crippen molar-refractivity contribution in [3.63, 3.8) is 0 Å². The zero-order valence-electron chi connectivity index (χ0n) is 19.3. The summed E-state index contributed by atoms with van der Waals surface area (Å²) in [6.45, 7) is 0.926. The molecule has 178 valence electrons. The lowest BCUT2D eigenvalue weighted by atomic mass is 9.88. The molecule has 1 saturated heterocycles. The van der Waals surface area contributed by atoms with Gasteiger partial charge in [-0.15, -0.1) is 0 Å². The van der Waals surface area contributed by atoms with Crippen molar-refractivity contribution in [2.24, 2.45) is 7.05 Å². The van der Waals surface area contributed by atoms with Gasteiger partial charge in [0, 0.05) is 49.6 Å². The van der Waals surface area contributed by atoms with Crippen LogP contribution in [0.3, 0.4) is 0 Å². The monoisotopic (exact) mass is 482 g/mol. The number of carbonyl (C=O) groups excluding carboxylic acids is 2. The maximum Gasteiger partial charge on any atom is 0.254 e. The highest BCUT2D eigenvalue weighted by Crippen LogP contribution is 2.31. The number of amides is 2. The van der Waals surface area contributed by atoms with Gasteiger partial charge in [-0.2, -0.15) is 5.10 Å². The number of hydrogen-bond acceptors (Lipinski definition) is 5. The van der Waals surface area contributed by atoms with Crippen LogP contribution in [-0.2, 0) is 7.05 Å². The van der Waals surface area contributed by atoms with Crippen LogP contribution in [0.4, 0.5) is 0 Å². The van der Waals surface area contributed by atoms with Crippen molar-refractivity contribution in [2.75, 3.05) is 27.3 Å². The van der Waals surface area contributed by atoms with Crippen LogP contribution >= 0.6 is 11.6 Å². The lowest BCUT2D eigenvalue weighted by Gasteiger charge is -2.39. The molecule has 1 aliphatic rings. The van der Waals surface area contributed by atoms with Crippen LogP contribution in [-0.4, -0.2) is 59.8 Å². The van der Waals surface area contributed by atoms with Crippen LogP contribution in [0, 0.1) is 0 Å². The van der Waals surface area contributed by atoms with E-state index in [1.807, 2.05) is 13.1 Å². The number of benzene rings is 2. The quantitative estimate of drug-likeness (QED) is 0.581. The van der Waals surface area contributed by atoms with Crippen molar-refractivity contribution < 1.29 is 19.1 Å². The number of aromatic nitrogens is 2. The Bertz CT molecular complexity index is 1200. The third-order valence-electron chi connectivity index (χ3n) is 6.20. The molecule has 34 heavy (non-hydrogen) atoms. The predicted molar refractivity (Wildman–Crippen MR) is 129 cm³/mol. The van der Waals surface area contributed by atoms with E-state index >= 15 is 0 Å². The normalized spacial score (nSPS) is 17.8. The molecule has 0 saturated carbocycles. The summed E-state index contributed by atoms with van der Waals surface area (Å²) in [5, 5.41) is 7.83. The Balaban J connectivity index is 1.57. The third-order valence-corrected chi connectivity index (χ3v) is 6.53. The van der Waals surface area contributed by atoms with Crippen molar-refractivity contribution in [1.82, 2.24) is 20.0 Å². The van der Waals surface area contributed by atoms with Gasteiger partial charge in [0.05, 0.1) is 24.8 Å². The van der Waals surface area contributed by atoms with E-state index in [1.165, 1.54) is 7.11 Å². The van der Waals surface area contributed by atoms with Crippen molar-refractivity contribution in [1.29, 1.82) is 0 Å². The van der Waals surface area contributed by atoms with Gasteiger partial charge >= 0.3 is 0 Å². The highest BCUT2D eigenvalue weighted by Gasteiger charge is 2.35. The summed E-state index contributed by atoms with van der Waals surface area (Å²) in [5.41, 5.74) is 1.88. The summed E-state index contributed by atoms with van der Waals surface area (Å²) in [7, 11) is 4.95. The van der Waals surface area contributed by atoms with Gasteiger partial charge < -0.3 is 19.7 Å². The molecule has 0 aliphatic carbocycles. The van der Waals surface area contributed by atoms with Gasteiger partial charge in [0.25, 0.3) is 11.8 Å². The lowest BCUT2D eigenvalue weighted by molar-refractivity contribution is 0.0667. The zero-order chi connectivity index (χ0) is 24.2. The van der Waals surface area contributed by atoms with E-state index in [2.05, 4.69) is 10.4 Å². The largest absolute Gasteiger partial charge is 0.493 e. The van der Waals surface area contributed by atoms with E-state index in [1.54, 1.807) is 65.4 Å². The van der Waals surface area contributed by atoms with E-state index < -0.39 is 0 Å². The topological polar surface area (TPSA) is 85.7 Å². The van der Waals surface area contributed by atoms with Crippen LogP contribution in [0.15, 0.2) is 54.7 Å². The second kappa shape index (κ2) is 10.2. The van der Waals surface area contributed by atoms with Crippen LogP contribution in [0.2, 0.25) is 5.02 Å². The number of methoxy groups -OCH3 is 2. The van der Waals surface area contributed by atoms with E-state index in [-0.39, 0.29) is 23.8 Å². The molecular weight excluding hydrogens is 456 g/mol. The van der Waals surface area contributed by atoms with Crippen molar-refractivity contribution in [2.45, 2.75) is 18.4 Å². The van der Waals surface area contributed by atoms with Gasteiger partial charge in [-0.25, -0.2) is 0 Å². The van der Waals surface area contributed by atoms with Crippen LogP contribution < -0.4 is 14.8 Å². The van der Waals surface area contributed by atoms with Gasteiger partial charge in [0.15, 0.2) is 11.5 Å². The highest BCUT2D eigenvalue weighted by atomic mass is 35.5. The van der Waals surface area contributed by atoms with Crippen LogP contribution in [0.25, 0.3) is 0 Å². The molecule has 0 bridgehead atoms. The Morgan fingerprint density at radius 1 is 1.09 bits per heavy atom. The fourth-order valence-electron chi connectivity index (χ4n) is 4.40. The summed E-state index contributed by atoms with van der Waals surface area (Å²) < 4.78 is 12.4. The average molecular weight is 483 g/mol. The molecule has 1 aromatic heterocycles. The Morgan fingerprint density at radius 2 is 1.85 bits per heavy atom. The lowest BCUT2D eigenvalue weighted by Crippen LogP contribution is -2.51. The first-order valence-electron chi connectivity index (χ1n) is 11.0. The number of carbonyl (C=O) groups is 2. The predicted octanol–water partition coefficient (Wildman–Crippen LogP) is 3.52. The van der Waals surface area contributed by atoms with E-state index in [0.29, 0.717) is 47.2 Å². The standard InChI is InChI=1S/C25H27ClN4O4/c1-29-21(10-12-27-29)18-15-30(25(32)16-8-9-22(33-2)23(14-16)34-3)13-11-20(18)28-24(31)17-6-4-5-7-19(17)26/h4-10,12,14,18,20H,11,13,15H2,1-3H3,(H,28,31)/t18-,20-/m0/s1. The highest BCUT2D eigenvalue weighted by molar-refractivity contribution is 6.33. The van der Waals surface area contributed by atoms with E-state index in [0.717, 1.165) is 5.69 Å². The summed E-state index contributed by atoms with van der Waals surface area (Å²) in [4.78, 5) is 28.1. The Kier molecular flexibility index (Phi) is 7.07. The molecule has 8 nitrogen and oxygen atoms in total. The zero-order valence-corrected chi connectivity index (χ0v) is 20.1. The summed E-state index contributed by atoms with van der Waals surface area (Å²) in [5.74, 6) is 0.578. The molecule has 0 spiro atoms. The second-order valence-corrected chi connectivity index (χ2v) is 8.56. The minimum Gasteiger partial charge on any atom is -0.493 e. The van der Waals surface area contributed by atoms with Gasteiger partial charge in [-0.3, -0.25) is 14.3 Å². The number of nitrogens with zero attached hydrogens (tertiary/aromatic N) is 3. The fraction of sp³-hybridized carbons (Fsp3) is 0.320. The molecule has 2 amide bonds. The second-order valence-electron chi connectivity index (χ2n) is 8.16. The summed E-state index contributed by atoms with van der Waals surface area (Å²) >= 11 is 6.23. The average Bonchev–Trinajstić information content (AvgIpc) is 3.29. The van der Waals surface area contributed by atoms with E-state index in [9.17, 15) is 9.59 Å². The molecule has 1 fully saturated rings. The number of hydrogen-bond donors (Lipinski definition) is 1. The summed E-state index contributed by atoms with van der Waals surface area (Å²) in [6, 6.07) is 13.8. The molecule has 2 aromatic carbocycles. The number of ether oxygens (including phenoxy) is 2. The minimum atomic E-state index is -0.234. The first-order chi connectivity index (χ1) is 16.4. The number of nitrogens with one attached hydrogen (secondary N) is 1. The smallest absolute Gasteiger partial charge is 0.254 e. The number of aryl methyl sites for hydroxylation is 1. The Hall–Kier alpha value is -3.52. The SMILES string of the molecule is COc1ccc(C(=O)N2CC[C@H](NC(=O)c3ccccc3Cl)[C@@H](c3ccnn3C)C2)cc1OC. The van der Waals surface area contributed by atoms with Gasteiger partial charge in [-0.1, -0.05) is 23.7 Å². The molecule has 0 unspecified atom stereocenters. The van der Waals surface area contributed by atoms with Gasteiger partial charge in [0.1, 0.15) is 0 Å². The first-order valence-corrected chi connectivity index (χ1v) is 11.3. The molecule has 1 aliphatic heterocycles. The number of rotatable bonds is 6. The van der Waals surface area contributed by atoms with Crippen molar-refractivity contribution >= 4 is 23.4 Å². The molecule has 2 atom stereocenters. The third kappa shape index (κ3) is 4.72. The maximum atomic E-state index is 13.4. The molecule has 4 rings (SSSR count). The fourth-order valence-corrected chi connectivity index (χ4v) is 4.62. The van der Waals surface area contributed by atoms with Gasteiger partial charge in [-0.05, 0) is 42.8 Å². The molecule has 9 heteroatoms. The van der Waals surface area contributed by atoms with E-state index in [4.69, 9.17) is 21.1 Å². The van der Waals surface area contributed by atoms with Gasteiger partial charge in [0.2, 0.25) is 0 Å².